The van der Waals surface area contributed by atoms with Crippen LogP contribution >= 0.6 is 0 Å². The topological polar surface area (TPSA) is 52.6 Å². The van der Waals surface area contributed by atoms with Gasteiger partial charge in [0.05, 0.1) is 0 Å². The van der Waals surface area contributed by atoms with E-state index in [1.807, 2.05) is 0 Å². The van der Waals surface area contributed by atoms with Crippen LogP contribution in [0.1, 0.15) is 20.8 Å². The van der Waals surface area contributed by atoms with Crippen molar-refractivity contribution < 1.29 is 38.5 Å². The average molecular weight is 278 g/mol. The average Bonchev–Trinajstić information content (AvgIpc) is 2.22. The number of esters is 2. The fourth-order valence-corrected chi connectivity index (χ4v) is 0.624. The molecule has 4 nitrogen and oxygen atoms in total. The monoisotopic (exact) mass is 276 g/mol. The van der Waals surface area contributed by atoms with Gasteiger partial charge in [0.15, 0.2) is 0 Å². The second-order valence-electron chi connectivity index (χ2n) is 3.02. The predicted molar refractivity (Wildman–Crippen MR) is 56.2 cm³/mol. The molecule has 0 unspecified atom stereocenters. The van der Waals surface area contributed by atoms with Crippen LogP contribution in [0, 0.1) is 0 Å². The van der Waals surface area contributed by atoms with Gasteiger partial charge in [-0.2, -0.15) is 0 Å². The standard InChI is InChI=1S/C11H16O4.Zn/c1-5-9(4)11(13)15-7-6-14-10(12)8(2)3;/h5H,2,6-7H2,1,3-4H3;. The van der Waals surface area contributed by atoms with Gasteiger partial charge in [0, 0.05) is 30.6 Å². The molecule has 0 atom stereocenters. The molecule has 0 saturated heterocycles. The van der Waals surface area contributed by atoms with E-state index in [1.165, 1.54) is 0 Å². The summed E-state index contributed by atoms with van der Waals surface area (Å²) in [6.07, 6.45) is 1.65. The molecule has 0 aliphatic rings. The van der Waals surface area contributed by atoms with Crippen LogP contribution in [-0.4, -0.2) is 25.2 Å². The first-order valence-corrected chi connectivity index (χ1v) is 4.61. The zero-order valence-corrected chi connectivity index (χ0v) is 13.0. The summed E-state index contributed by atoms with van der Waals surface area (Å²) in [7, 11) is 0. The van der Waals surface area contributed by atoms with E-state index in [-0.39, 0.29) is 32.7 Å². The Hall–Kier alpha value is -0.957. The number of ether oxygens (including phenoxy) is 2. The van der Waals surface area contributed by atoms with Crippen molar-refractivity contribution in [2.45, 2.75) is 20.8 Å². The van der Waals surface area contributed by atoms with Crippen molar-refractivity contribution in [3.05, 3.63) is 23.8 Å². The van der Waals surface area contributed by atoms with Gasteiger partial charge < -0.3 is 9.47 Å². The maximum atomic E-state index is 11.1. The van der Waals surface area contributed by atoms with Crippen molar-refractivity contribution in [2.75, 3.05) is 13.2 Å². The Balaban J connectivity index is 0. The number of carbonyl (C=O) groups is 2. The molecule has 0 fully saturated rings. The molecule has 0 radical (unpaired) electrons. The maximum Gasteiger partial charge on any atom is 0.333 e. The molecule has 0 N–H and O–H groups in total. The smallest absolute Gasteiger partial charge is 0.333 e. The molecule has 0 saturated carbocycles. The van der Waals surface area contributed by atoms with Gasteiger partial charge >= 0.3 is 11.9 Å². The molecule has 0 amide bonds. The van der Waals surface area contributed by atoms with E-state index in [9.17, 15) is 9.59 Å². The van der Waals surface area contributed by atoms with E-state index in [2.05, 4.69) is 6.58 Å². The Kier molecular flexibility index (Phi) is 10.1. The molecule has 0 aromatic heterocycles. The van der Waals surface area contributed by atoms with Gasteiger partial charge in [-0.15, -0.1) is 0 Å². The van der Waals surface area contributed by atoms with Crippen molar-refractivity contribution >= 4 is 11.9 Å². The second kappa shape index (κ2) is 9.28. The fourth-order valence-electron chi connectivity index (χ4n) is 0.624. The molecular weight excluding hydrogens is 262 g/mol. The van der Waals surface area contributed by atoms with Crippen LogP contribution < -0.4 is 0 Å². The Labute approximate surface area is 108 Å². The molecule has 5 heteroatoms. The van der Waals surface area contributed by atoms with Gasteiger partial charge in [-0.25, -0.2) is 9.59 Å². The molecule has 0 aromatic carbocycles. The minimum atomic E-state index is -0.478. The normalized spacial score (nSPS) is 10.1. The summed E-state index contributed by atoms with van der Waals surface area (Å²) in [6, 6.07) is 0. The number of hydrogen-bond donors (Lipinski definition) is 0. The van der Waals surface area contributed by atoms with Crippen molar-refractivity contribution in [1.29, 1.82) is 0 Å². The Morgan fingerprint density at radius 1 is 1.12 bits per heavy atom. The third-order valence-corrected chi connectivity index (χ3v) is 1.65. The third kappa shape index (κ3) is 7.35. The Bertz CT molecular complexity index is 294. The van der Waals surface area contributed by atoms with E-state index in [0.29, 0.717) is 11.1 Å². The van der Waals surface area contributed by atoms with E-state index in [4.69, 9.17) is 9.47 Å². The number of allylic oxidation sites excluding steroid dienone is 1. The van der Waals surface area contributed by atoms with Gasteiger partial charge in [0.2, 0.25) is 0 Å². The Morgan fingerprint density at radius 2 is 1.56 bits per heavy atom. The summed E-state index contributed by atoms with van der Waals surface area (Å²) in [4.78, 5) is 22.0. The quantitative estimate of drug-likeness (QED) is 0.332. The van der Waals surface area contributed by atoms with Gasteiger partial charge in [0.25, 0.3) is 0 Å². The van der Waals surface area contributed by atoms with Gasteiger partial charge in [-0.3, -0.25) is 0 Å². The SMILES string of the molecule is C=C(C)C(=O)OCCOC(=O)C(C)=CC.[Zn]. The largest absolute Gasteiger partial charge is 0.459 e. The summed E-state index contributed by atoms with van der Waals surface area (Å²) in [5.74, 6) is -0.877. The molecule has 86 valence electrons. The number of rotatable bonds is 5. The van der Waals surface area contributed by atoms with Gasteiger partial charge in [0.1, 0.15) is 13.2 Å². The zero-order chi connectivity index (χ0) is 11.8. The summed E-state index contributed by atoms with van der Waals surface area (Å²) >= 11 is 0. The van der Waals surface area contributed by atoms with Crippen molar-refractivity contribution in [2.24, 2.45) is 0 Å². The van der Waals surface area contributed by atoms with E-state index >= 15 is 0 Å². The van der Waals surface area contributed by atoms with E-state index in [1.54, 1.807) is 26.8 Å². The number of carbonyl (C=O) groups excluding carboxylic acids is 2. The second-order valence-corrected chi connectivity index (χ2v) is 3.02. The predicted octanol–water partition coefficient (Wildman–Crippen LogP) is 1.61. The molecule has 0 aliphatic carbocycles. The van der Waals surface area contributed by atoms with Crippen molar-refractivity contribution in [3.63, 3.8) is 0 Å². The third-order valence-electron chi connectivity index (χ3n) is 1.65. The van der Waals surface area contributed by atoms with Crippen LogP contribution in [0.4, 0.5) is 0 Å². The Morgan fingerprint density at radius 3 is 1.94 bits per heavy atom. The van der Waals surface area contributed by atoms with Crippen LogP contribution in [0.5, 0.6) is 0 Å². The molecule has 0 rings (SSSR count). The molecule has 0 aliphatic heterocycles. The summed E-state index contributed by atoms with van der Waals surface area (Å²) in [5, 5.41) is 0. The molecule has 0 bridgehead atoms. The fraction of sp³-hybridized carbons (Fsp3) is 0.455. The minimum Gasteiger partial charge on any atom is -0.459 e. The van der Waals surface area contributed by atoms with Crippen LogP contribution in [0.15, 0.2) is 23.8 Å². The first kappa shape index (κ1) is 17.4. The molecule has 16 heavy (non-hydrogen) atoms. The molecule has 0 spiro atoms. The molecular formula is C11H16O4Zn. The molecule has 0 aromatic rings. The first-order chi connectivity index (χ1) is 6.99. The van der Waals surface area contributed by atoms with Crippen molar-refractivity contribution in [1.82, 2.24) is 0 Å². The van der Waals surface area contributed by atoms with Crippen LogP contribution in [0.2, 0.25) is 0 Å². The van der Waals surface area contributed by atoms with Gasteiger partial charge in [-0.05, 0) is 20.8 Å². The van der Waals surface area contributed by atoms with E-state index in [0.717, 1.165) is 0 Å². The summed E-state index contributed by atoms with van der Waals surface area (Å²) < 4.78 is 9.54. The van der Waals surface area contributed by atoms with Crippen molar-refractivity contribution in [3.8, 4) is 0 Å². The first-order valence-electron chi connectivity index (χ1n) is 4.61. The zero-order valence-electron chi connectivity index (χ0n) is 10.0. The summed E-state index contributed by atoms with van der Waals surface area (Å²) in [6.45, 7) is 8.48. The van der Waals surface area contributed by atoms with E-state index < -0.39 is 11.9 Å². The van der Waals surface area contributed by atoms with Gasteiger partial charge in [-0.1, -0.05) is 12.7 Å². The molecule has 0 heterocycles. The maximum absolute atomic E-state index is 11.1. The minimum absolute atomic E-state index is 0. The van der Waals surface area contributed by atoms with Crippen LogP contribution in [0.25, 0.3) is 0 Å². The summed E-state index contributed by atoms with van der Waals surface area (Å²) in [5.41, 5.74) is 0.854. The number of hydrogen-bond acceptors (Lipinski definition) is 4. The van der Waals surface area contributed by atoms with Crippen LogP contribution in [-0.2, 0) is 38.5 Å². The van der Waals surface area contributed by atoms with Crippen LogP contribution in [0.3, 0.4) is 0 Å².